The monoisotopic (exact) mass is 321 g/mol. The van der Waals surface area contributed by atoms with E-state index in [0.29, 0.717) is 19.5 Å². The third-order valence-corrected chi connectivity index (χ3v) is 3.70. The molecule has 2 rings (SSSR count). The van der Waals surface area contributed by atoms with Gasteiger partial charge in [-0.2, -0.15) is 8.42 Å². The first-order valence-electron chi connectivity index (χ1n) is 6.04. The van der Waals surface area contributed by atoms with Crippen molar-refractivity contribution in [2.45, 2.75) is 26.0 Å². The van der Waals surface area contributed by atoms with Gasteiger partial charge in [-0.05, 0) is 13.8 Å². The number of anilines is 1. The number of hydrogen-bond acceptors (Lipinski definition) is 7. The van der Waals surface area contributed by atoms with Gasteiger partial charge in [0, 0.05) is 30.7 Å². The first kappa shape index (κ1) is 16.9. The molecule has 1 amide bonds. The Bertz CT molecular complexity index is 496. The Balaban J connectivity index is 0.000000286. The van der Waals surface area contributed by atoms with Crippen LogP contribution in [0.25, 0.3) is 0 Å². The van der Waals surface area contributed by atoms with Crippen LogP contribution in [0.2, 0.25) is 0 Å². The number of thiazole rings is 1. The molecule has 1 saturated heterocycles. The van der Waals surface area contributed by atoms with Gasteiger partial charge >= 0.3 is 0 Å². The lowest BCUT2D eigenvalue weighted by Crippen LogP contribution is -2.52. The largest absolute Gasteiger partial charge is 0.357 e. The number of amides is 1. The minimum Gasteiger partial charge on any atom is -0.357 e. The van der Waals surface area contributed by atoms with Crippen LogP contribution in [0.3, 0.4) is 0 Å². The maximum Gasteiger partial charge on any atom is 0.264 e. The van der Waals surface area contributed by atoms with Crippen molar-refractivity contribution in [2.24, 2.45) is 0 Å². The van der Waals surface area contributed by atoms with Crippen molar-refractivity contribution in [2.75, 3.05) is 24.2 Å². The lowest BCUT2D eigenvalue weighted by Gasteiger charge is -2.37. The molecule has 0 unspecified atom stereocenters. The van der Waals surface area contributed by atoms with Crippen LogP contribution in [-0.4, -0.2) is 51.3 Å². The standard InChI is InChI=1S/C7H10N2O3S2.C4H9NO/c1-14(10,11)12-6-4-9(5-6)7-8-2-3-13-7;1-4(2)5-3-6/h2-3,6H,4-5H2,1H3;3-4H,1-2H3,(H,5,6). The number of rotatable bonds is 5. The molecule has 9 heteroatoms. The number of nitrogens with one attached hydrogen (secondary N) is 1. The molecule has 0 bridgehead atoms. The smallest absolute Gasteiger partial charge is 0.264 e. The molecule has 0 spiro atoms. The van der Waals surface area contributed by atoms with Crippen molar-refractivity contribution in [3.63, 3.8) is 0 Å². The number of hydrogen-bond donors (Lipinski definition) is 1. The molecular formula is C11H19N3O4S2. The van der Waals surface area contributed by atoms with Gasteiger partial charge in [0.15, 0.2) is 5.13 Å². The summed E-state index contributed by atoms with van der Waals surface area (Å²) in [7, 11) is -3.32. The molecular weight excluding hydrogens is 302 g/mol. The topological polar surface area (TPSA) is 88.6 Å². The van der Waals surface area contributed by atoms with Crippen molar-refractivity contribution in [1.82, 2.24) is 10.3 Å². The molecule has 0 atom stereocenters. The lowest BCUT2D eigenvalue weighted by atomic mass is 10.2. The average Bonchev–Trinajstić information content (AvgIpc) is 2.75. The summed E-state index contributed by atoms with van der Waals surface area (Å²) in [6.45, 7) is 5.02. The van der Waals surface area contributed by atoms with Gasteiger partial charge in [0.25, 0.3) is 10.1 Å². The lowest BCUT2D eigenvalue weighted by molar-refractivity contribution is -0.109. The predicted molar refractivity (Wildman–Crippen MR) is 78.4 cm³/mol. The molecule has 1 N–H and O–H groups in total. The highest BCUT2D eigenvalue weighted by atomic mass is 32.2. The van der Waals surface area contributed by atoms with E-state index in [2.05, 4.69) is 10.3 Å². The molecule has 20 heavy (non-hydrogen) atoms. The highest BCUT2D eigenvalue weighted by Crippen LogP contribution is 2.24. The van der Waals surface area contributed by atoms with E-state index in [-0.39, 0.29) is 12.1 Å². The van der Waals surface area contributed by atoms with Gasteiger partial charge in [-0.1, -0.05) is 0 Å². The normalized spacial score (nSPS) is 15.3. The van der Waals surface area contributed by atoms with E-state index in [0.717, 1.165) is 11.4 Å². The summed E-state index contributed by atoms with van der Waals surface area (Å²) in [5.41, 5.74) is 0. The summed E-state index contributed by atoms with van der Waals surface area (Å²) in [5.74, 6) is 0. The van der Waals surface area contributed by atoms with Crippen molar-refractivity contribution >= 4 is 33.0 Å². The molecule has 2 heterocycles. The van der Waals surface area contributed by atoms with E-state index in [9.17, 15) is 13.2 Å². The molecule has 1 aromatic rings. The minimum absolute atomic E-state index is 0.214. The Hall–Kier alpha value is -1.19. The molecule has 0 aromatic carbocycles. The van der Waals surface area contributed by atoms with Gasteiger partial charge in [0.1, 0.15) is 6.10 Å². The Labute approximate surface area is 123 Å². The van der Waals surface area contributed by atoms with Crippen LogP contribution in [0.1, 0.15) is 13.8 Å². The second-order valence-electron chi connectivity index (χ2n) is 4.58. The molecule has 0 radical (unpaired) electrons. The van der Waals surface area contributed by atoms with E-state index < -0.39 is 10.1 Å². The van der Waals surface area contributed by atoms with E-state index in [1.165, 1.54) is 11.3 Å². The second-order valence-corrected chi connectivity index (χ2v) is 7.05. The van der Waals surface area contributed by atoms with Crippen molar-refractivity contribution in [3.05, 3.63) is 11.6 Å². The SMILES string of the molecule is CC(C)NC=O.CS(=O)(=O)OC1CN(c2nccs2)C1. The van der Waals surface area contributed by atoms with Crippen LogP contribution < -0.4 is 10.2 Å². The number of aromatic nitrogens is 1. The maximum atomic E-state index is 10.8. The van der Waals surface area contributed by atoms with Crippen molar-refractivity contribution in [3.8, 4) is 0 Å². The number of nitrogens with zero attached hydrogens (tertiary/aromatic N) is 2. The fourth-order valence-electron chi connectivity index (χ4n) is 1.41. The molecule has 0 saturated carbocycles. The number of carbonyl (C=O) groups excluding carboxylic acids is 1. The Kier molecular flexibility index (Phi) is 6.37. The molecule has 1 aliphatic heterocycles. The van der Waals surface area contributed by atoms with E-state index >= 15 is 0 Å². The zero-order valence-electron chi connectivity index (χ0n) is 11.6. The molecule has 114 valence electrons. The molecule has 1 aromatic heterocycles. The summed E-state index contributed by atoms with van der Waals surface area (Å²) >= 11 is 1.54. The average molecular weight is 321 g/mol. The predicted octanol–water partition coefficient (Wildman–Crippen LogP) is 0.449. The Morgan fingerprint density at radius 2 is 2.20 bits per heavy atom. The van der Waals surface area contributed by atoms with Crippen molar-refractivity contribution < 1.29 is 17.4 Å². The van der Waals surface area contributed by atoms with Crippen LogP contribution in [0.4, 0.5) is 5.13 Å². The van der Waals surface area contributed by atoms with Gasteiger partial charge in [-0.25, -0.2) is 4.98 Å². The Morgan fingerprint density at radius 3 is 2.55 bits per heavy atom. The molecule has 0 aliphatic carbocycles. The second kappa shape index (κ2) is 7.55. The van der Waals surface area contributed by atoms with Gasteiger partial charge < -0.3 is 10.2 Å². The summed E-state index contributed by atoms with van der Waals surface area (Å²) < 4.78 is 26.4. The zero-order chi connectivity index (χ0) is 15.2. The molecule has 1 fully saturated rings. The van der Waals surface area contributed by atoms with Gasteiger partial charge in [0.05, 0.1) is 6.26 Å². The molecule has 7 nitrogen and oxygen atoms in total. The first-order valence-corrected chi connectivity index (χ1v) is 8.74. The molecule has 1 aliphatic rings. The third-order valence-electron chi connectivity index (χ3n) is 2.25. The van der Waals surface area contributed by atoms with E-state index in [1.54, 1.807) is 6.20 Å². The summed E-state index contributed by atoms with van der Waals surface area (Å²) in [6, 6.07) is 0.280. The van der Waals surface area contributed by atoms with Crippen molar-refractivity contribution in [1.29, 1.82) is 0 Å². The van der Waals surface area contributed by atoms with Gasteiger partial charge in [0.2, 0.25) is 6.41 Å². The van der Waals surface area contributed by atoms with Crippen LogP contribution in [0.15, 0.2) is 11.6 Å². The van der Waals surface area contributed by atoms with Crippen LogP contribution in [0.5, 0.6) is 0 Å². The summed E-state index contributed by atoms with van der Waals surface area (Å²) in [5, 5.41) is 5.33. The van der Waals surface area contributed by atoms with Crippen LogP contribution in [0, 0.1) is 0 Å². The highest BCUT2D eigenvalue weighted by Gasteiger charge is 2.31. The summed E-state index contributed by atoms with van der Waals surface area (Å²) in [6.07, 6.45) is 3.28. The van der Waals surface area contributed by atoms with E-state index in [4.69, 9.17) is 4.18 Å². The quantitative estimate of drug-likeness (QED) is 0.626. The summed E-state index contributed by atoms with van der Waals surface area (Å²) in [4.78, 5) is 15.6. The maximum absolute atomic E-state index is 10.8. The minimum atomic E-state index is -3.32. The van der Waals surface area contributed by atoms with E-state index in [1.807, 2.05) is 24.1 Å². The fraction of sp³-hybridized carbons (Fsp3) is 0.636. The van der Waals surface area contributed by atoms with Crippen LogP contribution >= 0.6 is 11.3 Å². The highest BCUT2D eigenvalue weighted by molar-refractivity contribution is 7.86. The van der Waals surface area contributed by atoms with Crippen LogP contribution in [-0.2, 0) is 19.1 Å². The fourth-order valence-corrected chi connectivity index (χ4v) is 2.69. The first-order chi connectivity index (χ1) is 9.31. The van der Waals surface area contributed by atoms with Gasteiger partial charge in [-0.15, -0.1) is 11.3 Å². The number of carbonyl (C=O) groups is 1. The third kappa shape index (κ3) is 6.31. The Morgan fingerprint density at radius 1 is 1.55 bits per heavy atom. The van der Waals surface area contributed by atoms with Gasteiger partial charge in [-0.3, -0.25) is 8.98 Å². The zero-order valence-corrected chi connectivity index (χ0v) is 13.3.